The number of carbonyl (C=O) groups excluding carboxylic acids is 2. The Labute approximate surface area is 140 Å². The standard InChI is InChI=1S/C18H19NO5/c1-22-15-9-5-3-7-13(15)12-24-17(20)11-19-18(21)14-8-4-6-10-16(14)23-2/h3-10H,11-12H2,1-2H3,(H,19,21). The first kappa shape index (κ1) is 17.3. The molecule has 0 atom stereocenters. The van der Waals surface area contributed by atoms with E-state index in [0.29, 0.717) is 17.1 Å². The Kier molecular flexibility index (Phi) is 6.19. The summed E-state index contributed by atoms with van der Waals surface area (Å²) in [5, 5.41) is 2.51. The quantitative estimate of drug-likeness (QED) is 0.788. The summed E-state index contributed by atoms with van der Waals surface area (Å²) in [4.78, 5) is 23.9. The van der Waals surface area contributed by atoms with Crippen molar-refractivity contribution in [1.29, 1.82) is 0 Å². The molecule has 2 rings (SSSR count). The second-order valence-corrected chi connectivity index (χ2v) is 4.86. The fraction of sp³-hybridized carbons (Fsp3) is 0.222. The third-order valence-electron chi connectivity index (χ3n) is 3.33. The minimum absolute atomic E-state index is 0.0768. The first-order valence-electron chi connectivity index (χ1n) is 7.34. The molecule has 0 bridgehead atoms. The molecule has 0 unspecified atom stereocenters. The number of carbonyl (C=O) groups is 2. The van der Waals surface area contributed by atoms with E-state index < -0.39 is 11.9 Å². The highest BCUT2D eigenvalue weighted by Crippen LogP contribution is 2.18. The summed E-state index contributed by atoms with van der Waals surface area (Å²) in [5.41, 5.74) is 1.11. The molecule has 0 heterocycles. The van der Waals surface area contributed by atoms with E-state index in [4.69, 9.17) is 14.2 Å². The molecule has 24 heavy (non-hydrogen) atoms. The molecule has 0 fully saturated rings. The maximum absolute atomic E-state index is 12.1. The Hall–Kier alpha value is -3.02. The number of rotatable bonds is 7. The minimum atomic E-state index is -0.538. The van der Waals surface area contributed by atoms with Crippen LogP contribution in [-0.4, -0.2) is 32.6 Å². The van der Waals surface area contributed by atoms with Gasteiger partial charge in [-0.3, -0.25) is 9.59 Å². The molecule has 6 nitrogen and oxygen atoms in total. The van der Waals surface area contributed by atoms with E-state index in [0.717, 1.165) is 5.56 Å². The first-order chi connectivity index (χ1) is 11.7. The maximum atomic E-state index is 12.1. The van der Waals surface area contributed by atoms with Crippen molar-refractivity contribution >= 4 is 11.9 Å². The van der Waals surface area contributed by atoms with Crippen LogP contribution in [0.3, 0.4) is 0 Å². The van der Waals surface area contributed by atoms with E-state index in [-0.39, 0.29) is 13.2 Å². The lowest BCUT2D eigenvalue weighted by molar-refractivity contribution is -0.143. The van der Waals surface area contributed by atoms with Crippen molar-refractivity contribution in [2.45, 2.75) is 6.61 Å². The highest BCUT2D eigenvalue weighted by Gasteiger charge is 2.13. The topological polar surface area (TPSA) is 73.9 Å². The molecule has 0 radical (unpaired) electrons. The predicted molar refractivity (Wildman–Crippen MR) is 88.1 cm³/mol. The first-order valence-corrected chi connectivity index (χ1v) is 7.34. The second kappa shape index (κ2) is 8.57. The Morgan fingerprint density at radius 3 is 2.25 bits per heavy atom. The number of para-hydroxylation sites is 2. The molecule has 0 aliphatic carbocycles. The zero-order valence-corrected chi connectivity index (χ0v) is 13.6. The SMILES string of the molecule is COc1ccccc1COC(=O)CNC(=O)c1ccccc1OC. The van der Waals surface area contributed by atoms with Crippen LogP contribution in [-0.2, 0) is 16.1 Å². The Morgan fingerprint density at radius 1 is 0.917 bits per heavy atom. The van der Waals surface area contributed by atoms with E-state index in [9.17, 15) is 9.59 Å². The molecule has 1 amide bonds. The number of nitrogens with one attached hydrogen (secondary N) is 1. The summed E-state index contributed by atoms with van der Waals surface area (Å²) >= 11 is 0. The fourth-order valence-corrected chi connectivity index (χ4v) is 2.11. The molecular formula is C18H19NO5. The number of benzene rings is 2. The van der Waals surface area contributed by atoms with Gasteiger partial charge in [0, 0.05) is 5.56 Å². The lowest BCUT2D eigenvalue weighted by atomic mass is 10.2. The van der Waals surface area contributed by atoms with E-state index in [1.807, 2.05) is 12.1 Å². The third kappa shape index (κ3) is 4.49. The van der Waals surface area contributed by atoms with E-state index in [1.54, 1.807) is 43.5 Å². The highest BCUT2D eigenvalue weighted by atomic mass is 16.5. The van der Waals surface area contributed by atoms with Gasteiger partial charge in [-0.2, -0.15) is 0 Å². The van der Waals surface area contributed by atoms with Gasteiger partial charge in [-0.15, -0.1) is 0 Å². The predicted octanol–water partition coefficient (Wildman–Crippen LogP) is 2.18. The molecule has 2 aromatic rings. The average molecular weight is 329 g/mol. The van der Waals surface area contributed by atoms with Gasteiger partial charge in [-0.1, -0.05) is 30.3 Å². The molecule has 0 saturated carbocycles. The van der Waals surface area contributed by atoms with Gasteiger partial charge >= 0.3 is 5.97 Å². The lowest BCUT2D eigenvalue weighted by Crippen LogP contribution is -2.30. The third-order valence-corrected chi connectivity index (χ3v) is 3.33. The van der Waals surface area contributed by atoms with Crippen molar-refractivity contribution in [3.8, 4) is 11.5 Å². The summed E-state index contributed by atoms with van der Waals surface area (Å²) in [5.74, 6) is 0.145. The molecule has 0 aliphatic rings. The van der Waals surface area contributed by atoms with Crippen molar-refractivity contribution in [3.63, 3.8) is 0 Å². The van der Waals surface area contributed by atoms with Crippen LogP contribution in [0.5, 0.6) is 11.5 Å². The van der Waals surface area contributed by atoms with Crippen LogP contribution < -0.4 is 14.8 Å². The average Bonchev–Trinajstić information content (AvgIpc) is 2.64. The van der Waals surface area contributed by atoms with Crippen LogP contribution in [0.15, 0.2) is 48.5 Å². The summed E-state index contributed by atoms with van der Waals surface area (Å²) in [6.45, 7) is -0.153. The van der Waals surface area contributed by atoms with Gasteiger partial charge in [0.25, 0.3) is 5.91 Å². The zero-order chi connectivity index (χ0) is 17.4. The molecule has 2 aromatic carbocycles. The molecule has 0 aromatic heterocycles. The second-order valence-electron chi connectivity index (χ2n) is 4.86. The zero-order valence-electron chi connectivity index (χ0n) is 13.6. The van der Waals surface area contributed by atoms with Gasteiger partial charge in [0.1, 0.15) is 24.7 Å². The molecule has 0 aliphatic heterocycles. The molecular weight excluding hydrogens is 310 g/mol. The Morgan fingerprint density at radius 2 is 1.54 bits per heavy atom. The Bertz CT molecular complexity index is 714. The molecule has 0 spiro atoms. The van der Waals surface area contributed by atoms with Crippen molar-refractivity contribution in [2.75, 3.05) is 20.8 Å². The maximum Gasteiger partial charge on any atom is 0.325 e. The van der Waals surface area contributed by atoms with Gasteiger partial charge in [0.2, 0.25) is 0 Å². The molecule has 6 heteroatoms. The van der Waals surface area contributed by atoms with E-state index >= 15 is 0 Å². The van der Waals surface area contributed by atoms with Gasteiger partial charge in [0.05, 0.1) is 19.8 Å². The van der Waals surface area contributed by atoms with Gasteiger partial charge in [-0.25, -0.2) is 0 Å². The number of hydrogen-bond donors (Lipinski definition) is 1. The van der Waals surface area contributed by atoms with Crippen LogP contribution in [0, 0.1) is 0 Å². The number of amides is 1. The highest BCUT2D eigenvalue weighted by molar-refractivity contribution is 5.98. The van der Waals surface area contributed by atoms with Crippen molar-refractivity contribution < 1.29 is 23.8 Å². The number of ether oxygens (including phenoxy) is 3. The smallest absolute Gasteiger partial charge is 0.325 e. The van der Waals surface area contributed by atoms with Gasteiger partial charge in [0.15, 0.2) is 0 Å². The van der Waals surface area contributed by atoms with E-state index in [2.05, 4.69) is 5.32 Å². The lowest BCUT2D eigenvalue weighted by Gasteiger charge is -2.10. The van der Waals surface area contributed by atoms with Crippen molar-refractivity contribution in [1.82, 2.24) is 5.32 Å². The normalized spacial score (nSPS) is 9.92. The van der Waals surface area contributed by atoms with Crippen LogP contribution in [0.1, 0.15) is 15.9 Å². The van der Waals surface area contributed by atoms with Gasteiger partial charge in [-0.05, 0) is 18.2 Å². The molecule has 1 N–H and O–H groups in total. The van der Waals surface area contributed by atoms with Crippen molar-refractivity contribution in [2.24, 2.45) is 0 Å². The largest absolute Gasteiger partial charge is 0.496 e. The van der Waals surface area contributed by atoms with Crippen LogP contribution in [0.25, 0.3) is 0 Å². The number of hydrogen-bond acceptors (Lipinski definition) is 5. The minimum Gasteiger partial charge on any atom is -0.496 e. The van der Waals surface area contributed by atoms with Crippen LogP contribution in [0.4, 0.5) is 0 Å². The monoisotopic (exact) mass is 329 g/mol. The number of methoxy groups -OCH3 is 2. The van der Waals surface area contributed by atoms with Gasteiger partial charge < -0.3 is 19.5 Å². The van der Waals surface area contributed by atoms with E-state index in [1.165, 1.54) is 7.11 Å². The molecule has 0 saturated heterocycles. The van der Waals surface area contributed by atoms with Crippen molar-refractivity contribution in [3.05, 3.63) is 59.7 Å². The summed E-state index contributed by atoms with van der Waals surface area (Å²) in [7, 11) is 3.03. The molecule has 126 valence electrons. The Balaban J connectivity index is 1.86. The fourth-order valence-electron chi connectivity index (χ4n) is 2.11. The summed E-state index contributed by atoms with van der Waals surface area (Å²) < 4.78 is 15.4. The summed E-state index contributed by atoms with van der Waals surface area (Å²) in [6.07, 6.45) is 0. The van der Waals surface area contributed by atoms with Crippen LogP contribution in [0.2, 0.25) is 0 Å². The number of esters is 1. The summed E-state index contributed by atoms with van der Waals surface area (Å²) in [6, 6.07) is 14.0. The van der Waals surface area contributed by atoms with Crippen LogP contribution >= 0.6 is 0 Å².